The van der Waals surface area contributed by atoms with E-state index in [1.54, 1.807) is 6.07 Å². The number of nitrogens with two attached hydrogens (primary N) is 2. The van der Waals surface area contributed by atoms with Gasteiger partial charge in [0.2, 0.25) is 0 Å². The minimum atomic E-state index is 0.262. The summed E-state index contributed by atoms with van der Waals surface area (Å²) in [6.45, 7) is 0. The number of benzene rings is 1. The second kappa shape index (κ2) is 3.90. The van der Waals surface area contributed by atoms with Gasteiger partial charge in [0.05, 0.1) is 5.69 Å². The number of nitrogen functional groups attached to an aromatic ring is 1. The van der Waals surface area contributed by atoms with E-state index in [-0.39, 0.29) is 5.11 Å². The molecule has 12 heavy (non-hydrogen) atoms. The largest absolute Gasteiger partial charge is 0.399 e. The average Bonchev–Trinajstić information content (AvgIpc) is 1.94. The highest BCUT2D eigenvalue weighted by Gasteiger charge is 1.99. The number of hydrogen-bond donors (Lipinski definition) is 3. The standard InChI is InChI=1S/C7H8IN3S/c8-5-3-4(9)1-2-6(5)11-7(10)12/h1-3H,9H2,(H3,10,11,12). The first kappa shape index (κ1) is 9.53. The summed E-state index contributed by atoms with van der Waals surface area (Å²) < 4.78 is 1.00. The van der Waals surface area contributed by atoms with Crippen LogP contribution in [-0.2, 0) is 0 Å². The lowest BCUT2D eigenvalue weighted by atomic mass is 10.3. The van der Waals surface area contributed by atoms with Crippen LogP contribution in [0.25, 0.3) is 0 Å². The molecule has 3 nitrogen and oxygen atoms in total. The molecule has 0 unspecified atom stereocenters. The average molecular weight is 293 g/mol. The molecule has 0 amide bonds. The first-order valence-electron chi connectivity index (χ1n) is 3.21. The Morgan fingerprint density at radius 3 is 2.67 bits per heavy atom. The van der Waals surface area contributed by atoms with Crippen LogP contribution in [0, 0.1) is 3.57 Å². The SMILES string of the molecule is NC(=S)Nc1ccc(N)cc1I. The molecule has 1 aromatic carbocycles. The van der Waals surface area contributed by atoms with Crippen LogP contribution in [0.5, 0.6) is 0 Å². The smallest absolute Gasteiger partial charge is 0.168 e. The molecule has 0 radical (unpaired) electrons. The molecule has 0 aromatic heterocycles. The van der Waals surface area contributed by atoms with Crippen molar-refractivity contribution in [2.24, 2.45) is 5.73 Å². The van der Waals surface area contributed by atoms with Gasteiger partial charge in [0.25, 0.3) is 0 Å². The van der Waals surface area contributed by atoms with Gasteiger partial charge in [-0.2, -0.15) is 0 Å². The summed E-state index contributed by atoms with van der Waals surface area (Å²) in [5.74, 6) is 0. The summed E-state index contributed by atoms with van der Waals surface area (Å²) in [5.41, 5.74) is 12.5. The lowest BCUT2D eigenvalue weighted by Gasteiger charge is -2.06. The fourth-order valence-corrected chi connectivity index (χ4v) is 1.55. The summed E-state index contributed by atoms with van der Waals surface area (Å²) in [6.07, 6.45) is 0. The van der Waals surface area contributed by atoms with Crippen molar-refractivity contribution in [2.75, 3.05) is 11.1 Å². The van der Waals surface area contributed by atoms with E-state index in [0.29, 0.717) is 0 Å². The molecule has 0 fully saturated rings. The molecule has 0 atom stereocenters. The van der Waals surface area contributed by atoms with Gasteiger partial charge in [-0.1, -0.05) is 0 Å². The molecule has 1 aromatic rings. The van der Waals surface area contributed by atoms with E-state index in [1.807, 2.05) is 12.1 Å². The third kappa shape index (κ3) is 2.49. The zero-order chi connectivity index (χ0) is 9.14. The summed E-state index contributed by atoms with van der Waals surface area (Å²) in [5, 5.41) is 3.11. The number of anilines is 2. The van der Waals surface area contributed by atoms with Crippen molar-refractivity contribution in [1.29, 1.82) is 0 Å². The molecule has 0 spiro atoms. The molecule has 0 aliphatic carbocycles. The van der Waals surface area contributed by atoms with Crippen LogP contribution < -0.4 is 16.8 Å². The Morgan fingerprint density at radius 2 is 2.17 bits per heavy atom. The first-order valence-corrected chi connectivity index (χ1v) is 4.70. The van der Waals surface area contributed by atoms with Crippen molar-refractivity contribution in [1.82, 2.24) is 0 Å². The van der Waals surface area contributed by atoms with Crippen LogP contribution in [0.15, 0.2) is 18.2 Å². The van der Waals surface area contributed by atoms with Crippen molar-refractivity contribution in [2.45, 2.75) is 0 Å². The van der Waals surface area contributed by atoms with Crippen LogP contribution in [0.2, 0.25) is 0 Å². The Labute approximate surface area is 89.6 Å². The monoisotopic (exact) mass is 293 g/mol. The maximum atomic E-state index is 5.56. The maximum Gasteiger partial charge on any atom is 0.168 e. The number of hydrogen-bond acceptors (Lipinski definition) is 2. The number of rotatable bonds is 1. The van der Waals surface area contributed by atoms with Crippen LogP contribution >= 0.6 is 34.8 Å². The van der Waals surface area contributed by atoms with Gasteiger partial charge in [-0.15, -0.1) is 0 Å². The van der Waals surface area contributed by atoms with Crippen molar-refractivity contribution >= 4 is 51.3 Å². The second-order valence-electron chi connectivity index (χ2n) is 2.23. The van der Waals surface area contributed by atoms with Gasteiger partial charge in [0, 0.05) is 9.26 Å². The number of nitrogens with one attached hydrogen (secondary N) is 1. The summed E-state index contributed by atoms with van der Waals surface area (Å²) >= 11 is 6.86. The van der Waals surface area contributed by atoms with Crippen molar-refractivity contribution in [3.05, 3.63) is 21.8 Å². The minimum Gasteiger partial charge on any atom is -0.399 e. The van der Waals surface area contributed by atoms with E-state index < -0.39 is 0 Å². The Balaban J connectivity index is 2.93. The fourth-order valence-electron chi connectivity index (χ4n) is 0.765. The van der Waals surface area contributed by atoms with Crippen molar-refractivity contribution in [3.63, 3.8) is 0 Å². The van der Waals surface area contributed by atoms with E-state index in [1.165, 1.54) is 0 Å². The lowest BCUT2D eigenvalue weighted by molar-refractivity contribution is 1.56. The predicted octanol–water partition coefficient (Wildman–Crippen LogP) is 1.53. The maximum absolute atomic E-state index is 5.56. The fraction of sp³-hybridized carbons (Fsp3) is 0. The molecule has 0 bridgehead atoms. The molecular weight excluding hydrogens is 285 g/mol. The van der Waals surface area contributed by atoms with Gasteiger partial charge in [-0.25, -0.2) is 0 Å². The van der Waals surface area contributed by atoms with Gasteiger partial charge in [-0.05, 0) is 53.0 Å². The van der Waals surface area contributed by atoms with Gasteiger partial charge < -0.3 is 16.8 Å². The number of halogens is 1. The molecule has 64 valence electrons. The van der Waals surface area contributed by atoms with E-state index >= 15 is 0 Å². The summed E-state index contributed by atoms with van der Waals surface area (Å²) in [7, 11) is 0. The first-order chi connectivity index (χ1) is 5.59. The van der Waals surface area contributed by atoms with E-state index in [0.717, 1.165) is 14.9 Å². The third-order valence-corrected chi connectivity index (χ3v) is 2.25. The summed E-state index contributed by atoms with van der Waals surface area (Å²) in [4.78, 5) is 0. The Hall–Kier alpha value is -0.560. The van der Waals surface area contributed by atoms with Gasteiger partial charge in [0.1, 0.15) is 0 Å². The topological polar surface area (TPSA) is 64.1 Å². The normalized spacial score (nSPS) is 9.42. The predicted molar refractivity (Wildman–Crippen MR) is 64.0 cm³/mol. The quantitative estimate of drug-likeness (QED) is 0.417. The zero-order valence-electron chi connectivity index (χ0n) is 6.17. The molecule has 0 aliphatic rings. The van der Waals surface area contributed by atoms with Crippen LogP contribution in [0.1, 0.15) is 0 Å². The zero-order valence-corrected chi connectivity index (χ0v) is 9.15. The van der Waals surface area contributed by atoms with Gasteiger partial charge in [-0.3, -0.25) is 0 Å². The lowest BCUT2D eigenvalue weighted by Crippen LogP contribution is -2.19. The molecule has 5 N–H and O–H groups in total. The molecular formula is C7H8IN3S. The number of thiocarbonyl (C=S) groups is 1. The molecule has 5 heteroatoms. The third-order valence-electron chi connectivity index (χ3n) is 1.25. The van der Waals surface area contributed by atoms with Crippen molar-refractivity contribution in [3.8, 4) is 0 Å². The van der Waals surface area contributed by atoms with E-state index in [9.17, 15) is 0 Å². The highest BCUT2D eigenvalue weighted by Crippen LogP contribution is 2.20. The molecule has 1 rings (SSSR count). The molecule has 0 heterocycles. The van der Waals surface area contributed by atoms with Crippen LogP contribution in [0.4, 0.5) is 11.4 Å². The highest BCUT2D eigenvalue weighted by molar-refractivity contribution is 14.1. The van der Waals surface area contributed by atoms with E-state index in [4.69, 9.17) is 23.7 Å². The second-order valence-corrected chi connectivity index (χ2v) is 3.83. The Bertz CT molecular complexity index is 314. The summed E-state index contributed by atoms with van der Waals surface area (Å²) in [6, 6.07) is 5.49. The van der Waals surface area contributed by atoms with E-state index in [2.05, 4.69) is 27.9 Å². The highest BCUT2D eigenvalue weighted by atomic mass is 127. The van der Waals surface area contributed by atoms with Crippen LogP contribution in [0.3, 0.4) is 0 Å². The Kier molecular flexibility index (Phi) is 3.10. The minimum absolute atomic E-state index is 0.262. The van der Waals surface area contributed by atoms with Gasteiger partial charge >= 0.3 is 0 Å². The van der Waals surface area contributed by atoms with Gasteiger partial charge in [0.15, 0.2) is 5.11 Å². The molecule has 0 aliphatic heterocycles. The van der Waals surface area contributed by atoms with Crippen LogP contribution in [-0.4, -0.2) is 5.11 Å². The van der Waals surface area contributed by atoms with Crippen molar-refractivity contribution < 1.29 is 0 Å². The Morgan fingerprint density at radius 1 is 1.50 bits per heavy atom. The molecule has 0 saturated carbocycles. The molecule has 0 saturated heterocycles.